The average molecular weight is 224 g/mol. The summed E-state index contributed by atoms with van der Waals surface area (Å²) in [7, 11) is 1.73. The topological polar surface area (TPSA) is 24.7 Å². The Hall–Kier alpha value is 0.0700. The van der Waals surface area contributed by atoms with Gasteiger partial charge in [0.05, 0.1) is 3.72 Å². The van der Waals surface area contributed by atoms with Crippen LogP contribution in [0.15, 0.2) is 9.98 Å². The molecule has 0 amide bonds. The van der Waals surface area contributed by atoms with E-state index in [4.69, 9.17) is 0 Å². The second-order valence-electron chi connectivity index (χ2n) is 1.38. The number of rotatable bonds is 0. The van der Waals surface area contributed by atoms with Crippen LogP contribution < -0.4 is 0 Å². The monoisotopic (exact) mass is 224 g/mol. The molecule has 0 aromatic rings. The van der Waals surface area contributed by atoms with Gasteiger partial charge in [-0.15, -0.1) is 0 Å². The van der Waals surface area contributed by atoms with E-state index < -0.39 is 0 Å². The molecule has 0 rings (SSSR count). The van der Waals surface area contributed by atoms with Gasteiger partial charge in [-0.1, -0.05) is 0 Å². The second kappa shape index (κ2) is 4.00. The molecule has 0 unspecified atom stereocenters. The van der Waals surface area contributed by atoms with Gasteiger partial charge in [-0.05, 0) is 36.4 Å². The lowest BCUT2D eigenvalue weighted by Crippen LogP contribution is -1.86. The van der Waals surface area contributed by atoms with Crippen molar-refractivity contribution in [2.75, 3.05) is 7.05 Å². The maximum Gasteiger partial charge on any atom is 0.120 e. The number of halogens is 1. The lowest BCUT2D eigenvalue weighted by atomic mass is 10.7. The number of hydrogen-bond donors (Lipinski definition) is 0. The van der Waals surface area contributed by atoms with E-state index in [0.29, 0.717) is 0 Å². The first kappa shape index (κ1) is 8.07. The van der Waals surface area contributed by atoms with Crippen molar-refractivity contribution in [3.05, 3.63) is 0 Å². The van der Waals surface area contributed by atoms with Crippen LogP contribution in [0, 0.1) is 0 Å². The van der Waals surface area contributed by atoms with Crippen molar-refractivity contribution < 1.29 is 0 Å². The molecule has 0 radical (unpaired) electrons. The van der Waals surface area contributed by atoms with E-state index in [0.717, 1.165) is 9.55 Å². The maximum atomic E-state index is 4.05. The summed E-state index contributed by atoms with van der Waals surface area (Å²) >= 11 is 2.15. The van der Waals surface area contributed by atoms with E-state index in [-0.39, 0.29) is 0 Å². The Balaban J connectivity index is 3.89. The lowest BCUT2D eigenvalue weighted by molar-refractivity contribution is 1.38. The molecule has 0 saturated carbocycles. The molecule has 8 heavy (non-hydrogen) atoms. The van der Waals surface area contributed by atoms with Crippen molar-refractivity contribution >= 4 is 32.1 Å². The van der Waals surface area contributed by atoms with Crippen molar-refractivity contribution in [3.63, 3.8) is 0 Å². The van der Waals surface area contributed by atoms with Crippen LogP contribution in [0.3, 0.4) is 0 Å². The fraction of sp³-hybridized carbons (Fsp3) is 0.600. The second-order valence-corrected chi connectivity index (χ2v) is 2.94. The fourth-order valence-corrected chi connectivity index (χ4v) is 0.622. The Morgan fingerprint density at radius 2 is 1.88 bits per heavy atom. The molecule has 3 heteroatoms. The molecule has 0 aliphatic heterocycles. The molecule has 0 aromatic heterocycles. The molecule has 0 spiro atoms. The van der Waals surface area contributed by atoms with Gasteiger partial charge < -0.3 is 0 Å². The Bertz CT molecular complexity index is 122. The summed E-state index contributed by atoms with van der Waals surface area (Å²) in [6.07, 6.45) is 0. The molecule has 2 nitrogen and oxygen atoms in total. The van der Waals surface area contributed by atoms with Gasteiger partial charge in [-0.3, -0.25) is 4.99 Å². The predicted octanol–water partition coefficient (Wildman–Crippen LogP) is 1.89. The minimum atomic E-state index is 0.830. The average Bonchev–Trinajstić information content (AvgIpc) is 1.65. The lowest BCUT2D eigenvalue weighted by Gasteiger charge is -1.86. The summed E-state index contributed by atoms with van der Waals surface area (Å²) in [6.45, 7) is 3.82. The highest BCUT2D eigenvalue weighted by atomic mass is 127. The minimum Gasteiger partial charge on any atom is -0.274 e. The highest BCUT2D eigenvalue weighted by molar-refractivity contribution is 14.1. The van der Waals surface area contributed by atoms with Gasteiger partial charge in [-0.25, -0.2) is 4.99 Å². The van der Waals surface area contributed by atoms with Gasteiger partial charge in [-0.2, -0.15) is 0 Å². The standard InChI is InChI=1S/C5H9IN2/c1-4(6)8-5(2)7-3/h1-3H3/b7-5-,8-4+. The van der Waals surface area contributed by atoms with Gasteiger partial charge in [0.25, 0.3) is 0 Å². The molecule has 46 valence electrons. The van der Waals surface area contributed by atoms with Gasteiger partial charge in [0.2, 0.25) is 0 Å². The van der Waals surface area contributed by atoms with E-state index >= 15 is 0 Å². The van der Waals surface area contributed by atoms with E-state index in [9.17, 15) is 0 Å². The summed E-state index contributed by atoms with van der Waals surface area (Å²) < 4.78 is 1.02. The van der Waals surface area contributed by atoms with E-state index in [1.165, 1.54) is 0 Å². The first-order valence-corrected chi connectivity index (χ1v) is 3.39. The Morgan fingerprint density at radius 1 is 1.38 bits per heavy atom. The molecule has 0 saturated heterocycles. The van der Waals surface area contributed by atoms with Crippen molar-refractivity contribution in [2.24, 2.45) is 9.98 Å². The van der Waals surface area contributed by atoms with Crippen LogP contribution in [0.5, 0.6) is 0 Å². The van der Waals surface area contributed by atoms with E-state index in [1.807, 2.05) is 13.8 Å². The number of hydrogen-bond acceptors (Lipinski definition) is 1. The third-order valence-corrected chi connectivity index (χ3v) is 0.881. The van der Waals surface area contributed by atoms with Crippen LogP contribution >= 0.6 is 22.6 Å². The van der Waals surface area contributed by atoms with Crippen LogP contribution in [0.2, 0.25) is 0 Å². The molecule has 0 aromatic carbocycles. The third-order valence-electron chi connectivity index (χ3n) is 0.639. The Kier molecular flexibility index (Phi) is 4.03. The zero-order valence-corrected chi connectivity index (χ0v) is 7.43. The van der Waals surface area contributed by atoms with Crippen molar-refractivity contribution in [1.29, 1.82) is 0 Å². The summed E-state index contributed by atoms with van der Waals surface area (Å²) in [5.41, 5.74) is 0. The first-order valence-electron chi connectivity index (χ1n) is 2.31. The van der Waals surface area contributed by atoms with Gasteiger partial charge in [0.1, 0.15) is 5.84 Å². The van der Waals surface area contributed by atoms with Crippen LogP contribution in [0.1, 0.15) is 13.8 Å². The van der Waals surface area contributed by atoms with Crippen molar-refractivity contribution in [2.45, 2.75) is 13.8 Å². The SMILES string of the molecule is C/N=C(C)\N=C(/C)I. The number of aliphatic imine (C=N–C) groups is 2. The van der Waals surface area contributed by atoms with Crippen LogP contribution in [0.4, 0.5) is 0 Å². The third kappa shape index (κ3) is 4.23. The molecule has 0 bridgehead atoms. The molecule has 0 aliphatic rings. The minimum absolute atomic E-state index is 0.830. The highest BCUT2D eigenvalue weighted by Gasteiger charge is 1.81. The Labute approximate surface area is 63.3 Å². The largest absolute Gasteiger partial charge is 0.274 e. The summed E-state index contributed by atoms with van der Waals surface area (Å²) in [6, 6.07) is 0. The smallest absolute Gasteiger partial charge is 0.120 e. The quantitative estimate of drug-likeness (QED) is 0.341. The molecule has 0 heterocycles. The maximum absolute atomic E-state index is 4.05. The zero-order valence-electron chi connectivity index (χ0n) is 5.27. The van der Waals surface area contributed by atoms with Gasteiger partial charge in [0, 0.05) is 7.05 Å². The predicted molar refractivity (Wildman–Crippen MR) is 46.2 cm³/mol. The molecular formula is C5H9IN2. The van der Waals surface area contributed by atoms with Crippen LogP contribution in [-0.4, -0.2) is 16.6 Å². The molecule has 0 fully saturated rings. The molecular weight excluding hydrogens is 215 g/mol. The highest BCUT2D eigenvalue weighted by Crippen LogP contribution is 1.89. The zero-order chi connectivity index (χ0) is 6.57. The van der Waals surface area contributed by atoms with E-state index in [1.54, 1.807) is 7.05 Å². The number of amidine groups is 1. The molecule has 0 N–H and O–H groups in total. The van der Waals surface area contributed by atoms with E-state index in [2.05, 4.69) is 32.6 Å². The molecule has 0 atom stereocenters. The van der Waals surface area contributed by atoms with Gasteiger partial charge in [0.15, 0.2) is 0 Å². The summed E-state index contributed by atoms with van der Waals surface area (Å²) in [5.74, 6) is 0.830. The summed E-state index contributed by atoms with van der Waals surface area (Å²) in [4.78, 5) is 7.90. The van der Waals surface area contributed by atoms with Gasteiger partial charge >= 0.3 is 0 Å². The Morgan fingerprint density at radius 3 is 2.00 bits per heavy atom. The first-order chi connectivity index (χ1) is 3.66. The fourth-order valence-electron chi connectivity index (χ4n) is 0.273. The molecule has 0 aliphatic carbocycles. The van der Waals surface area contributed by atoms with Crippen LogP contribution in [-0.2, 0) is 0 Å². The normalized spacial score (nSPS) is 14.5. The van der Waals surface area contributed by atoms with Crippen molar-refractivity contribution in [1.82, 2.24) is 0 Å². The number of nitrogens with zero attached hydrogens (tertiary/aromatic N) is 2. The van der Waals surface area contributed by atoms with Crippen LogP contribution in [0.25, 0.3) is 0 Å². The summed E-state index contributed by atoms with van der Waals surface area (Å²) in [5, 5.41) is 0. The van der Waals surface area contributed by atoms with Crippen molar-refractivity contribution in [3.8, 4) is 0 Å².